The maximum atomic E-state index is 13.4. The average molecular weight is 460 g/mol. The second-order valence-corrected chi connectivity index (χ2v) is 7.99. The molecule has 0 spiro atoms. The third-order valence-corrected chi connectivity index (χ3v) is 6.07. The number of nitrogens with one attached hydrogen (secondary N) is 1. The number of aromatic nitrogens is 1. The summed E-state index contributed by atoms with van der Waals surface area (Å²) in [5, 5.41) is 11.9. The van der Waals surface area contributed by atoms with Crippen LogP contribution >= 0.6 is 0 Å². The smallest absolute Gasteiger partial charge is 0.295 e. The zero-order valence-electron chi connectivity index (χ0n) is 18.2. The average Bonchev–Trinajstić information content (AvgIpc) is 3.57. The molecule has 8 heteroatoms. The fourth-order valence-corrected chi connectivity index (χ4v) is 4.35. The molecule has 5 rings (SSSR count). The molecule has 0 aliphatic carbocycles. The van der Waals surface area contributed by atoms with Gasteiger partial charge in [0, 0.05) is 29.2 Å². The molecule has 7 nitrogen and oxygen atoms in total. The summed E-state index contributed by atoms with van der Waals surface area (Å²) in [5.74, 6) is -1.34. The lowest BCUT2D eigenvalue weighted by Gasteiger charge is -2.23. The van der Waals surface area contributed by atoms with E-state index in [1.54, 1.807) is 19.2 Å². The molecule has 1 fully saturated rings. The predicted molar refractivity (Wildman–Crippen MR) is 123 cm³/mol. The number of fused-ring (bicyclic) bond motifs is 1. The van der Waals surface area contributed by atoms with Crippen LogP contribution in [0.3, 0.4) is 0 Å². The van der Waals surface area contributed by atoms with E-state index in [2.05, 4.69) is 4.98 Å². The monoisotopic (exact) mass is 460 g/mol. The number of hydrogen-bond donors (Lipinski definition) is 2. The van der Waals surface area contributed by atoms with Crippen molar-refractivity contribution in [3.05, 3.63) is 95.3 Å². The van der Waals surface area contributed by atoms with E-state index in [-0.39, 0.29) is 23.4 Å². The Labute approximate surface area is 194 Å². The van der Waals surface area contributed by atoms with Crippen LogP contribution in [0.2, 0.25) is 0 Å². The number of H-pyrrole nitrogens is 1. The highest BCUT2D eigenvalue weighted by Gasteiger charge is 2.47. The number of methoxy groups -OCH3 is 1. The van der Waals surface area contributed by atoms with Gasteiger partial charge in [0.15, 0.2) is 0 Å². The highest BCUT2D eigenvalue weighted by molar-refractivity contribution is 6.46. The van der Waals surface area contributed by atoms with Gasteiger partial charge in [0.2, 0.25) is 0 Å². The van der Waals surface area contributed by atoms with Crippen molar-refractivity contribution in [3.8, 4) is 5.75 Å². The van der Waals surface area contributed by atoms with Crippen molar-refractivity contribution in [1.29, 1.82) is 0 Å². The van der Waals surface area contributed by atoms with Gasteiger partial charge in [0.1, 0.15) is 29.1 Å². The number of likely N-dealkylation sites (tertiary alicyclic amines) is 1. The molecule has 2 N–H and O–H groups in total. The number of aliphatic hydroxyl groups excluding tert-OH is 1. The number of hydrogen-bond acceptors (Lipinski definition) is 5. The lowest BCUT2D eigenvalue weighted by atomic mass is 9.99. The fourth-order valence-electron chi connectivity index (χ4n) is 4.35. The molecule has 34 heavy (non-hydrogen) atoms. The molecule has 1 aliphatic heterocycles. The fraction of sp³-hybridized carbons (Fsp3) is 0.154. The Morgan fingerprint density at radius 3 is 2.68 bits per heavy atom. The van der Waals surface area contributed by atoms with E-state index in [0.29, 0.717) is 17.9 Å². The predicted octanol–water partition coefficient (Wildman–Crippen LogP) is 4.57. The number of carbonyl (C=O) groups is 2. The largest absolute Gasteiger partial charge is 0.507 e. The summed E-state index contributed by atoms with van der Waals surface area (Å²) in [6.07, 6.45) is 3.76. The van der Waals surface area contributed by atoms with Gasteiger partial charge in [-0.25, -0.2) is 4.39 Å². The molecule has 1 atom stereocenters. The minimum Gasteiger partial charge on any atom is -0.507 e. The molecule has 1 amide bonds. The number of ketones is 1. The molecule has 0 bridgehead atoms. The molecule has 0 unspecified atom stereocenters. The number of aromatic amines is 1. The Balaban J connectivity index is 1.52. The van der Waals surface area contributed by atoms with Crippen molar-refractivity contribution < 1.29 is 28.2 Å². The van der Waals surface area contributed by atoms with Crippen LogP contribution in [0.4, 0.5) is 4.39 Å². The first-order valence-corrected chi connectivity index (χ1v) is 10.7. The van der Waals surface area contributed by atoms with Gasteiger partial charge < -0.3 is 24.1 Å². The molecule has 4 aromatic rings. The number of carbonyl (C=O) groups excluding carboxylic acids is 2. The Hall–Kier alpha value is -4.33. The molecule has 2 aromatic heterocycles. The van der Waals surface area contributed by atoms with E-state index in [1.165, 1.54) is 35.4 Å². The molecule has 1 saturated heterocycles. The Bertz CT molecular complexity index is 1400. The van der Waals surface area contributed by atoms with Crippen molar-refractivity contribution in [2.45, 2.75) is 12.5 Å². The quantitative estimate of drug-likeness (QED) is 0.250. The third kappa shape index (κ3) is 3.63. The van der Waals surface area contributed by atoms with Crippen molar-refractivity contribution in [2.24, 2.45) is 0 Å². The lowest BCUT2D eigenvalue weighted by Crippen LogP contribution is -2.31. The normalized spacial score (nSPS) is 17.6. The highest BCUT2D eigenvalue weighted by atomic mass is 19.1. The number of amides is 1. The van der Waals surface area contributed by atoms with Crippen LogP contribution in [-0.4, -0.2) is 40.3 Å². The van der Waals surface area contributed by atoms with E-state index >= 15 is 0 Å². The minimum absolute atomic E-state index is 0.0906. The topological polar surface area (TPSA) is 95.8 Å². The second-order valence-electron chi connectivity index (χ2n) is 7.99. The zero-order valence-corrected chi connectivity index (χ0v) is 18.2. The number of furan rings is 1. The third-order valence-electron chi connectivity index (χ3n) is 6.07. The van der Waals surface area contributed by atoms with Crippen LogP contribution < -0.4 is 4.74 Å². The van der Waals surface area contributed by atoms with Crippen LogP contribution in [0, 0.1) is 5.82 Å². The first-order chi connectivity index (χ1) is 16.5. The van der Waals surface area contributed by atoms with Gasteiger partial charge in [0.25, 0.3) is 11.7 Å². The summed E-state index contributed by atoms with van der Waals surface area (Å²) >= 11 is 0. The maximum absolute atomic E-state index is 13.4. The molecular formula is C26H21FN2O5. The molecule has 1 aliphatic rings. The number of nitrogens with zero attached hydrogens (tertiary/aromatic N) is 1. The van der Waals surface area contributed by atoms with Crippen LogP contribution in [0.1, 0.15) is 22.9 Å². The number of ether oxygens (including phenoxy) is 1. The number of rotatable bonds is 6. The van der Waals surface area contributed by atoms with Gasteiger partial charge in [-0.05, 0) is 66.6 Å². The van der Waals surface area contributed by atoms with Gasteiger partial charge in [-0.15, -0.1) is 0 Å². The Kier molecular flexibility index (Phi) is 5.41. The Morgan fingerprint density at radius 1 is 1.18 bits per heavy atom. The van der Waals surface area contributed by atoms with Gasteiger partial charge in [-0.3, -0.25) is 9.59 Å². The number of aliphatic hydroxyl groups is 1. The standard InChI is InChI=1S/C26H21FN2O5/c1-33-18-8-9-20-19(13-18)16(14-28-20)10-11-29-23(21-3-2-12-34-21)22(25(31)26(29)32)24(30)15-4-6-17(27)7-5-15/h2-9,12-14,23,28,30H,10-11H2,1H3/t23-/m0/s1. The summed E-state index contributed by atoms with van der Waals surface area (Å²) in [6.45, 7) is 0.209. The maximum Gasteiger partial charge on any atom is 0.295 e. The molecule has 0 radical (unpaired) electrons. The van der Waals surface area contributed by atoms with Crippen molar-refractivity contribution >= 4 is 28.4 Å². The molecule has 0 saturated carbocycles. The van der Waals surface area contributed by atoms with Crippen LogP contribution in [0.5, 0.6) is 5.75 Å². The molecule has 3 heterocycles. The first-order valence-electron chi connectivity index (χ1n) is 10.7. The van der Waals surface area contributed by atoms with E-state index in [9.17, 15) is 19.1 Å². The zero-order chi connectivity index (χ0) is 23.8. The summed E-state index contributed by atoms with van der Waals surface area (Å²) in [6, 6.07) is 13.2. The van der Waals surface area contributed by atoms with E-state index in [1.807, 2.05) is 24.4 Å². The minimum atomic E-state index is -0.903. The van der Waals surface area contributed by atoms with Crippen LogP contribution in [0.25, 0.3) is 16.7 Å². The van der Waals surface area contributed by atoms with Gasteiger partial charge in [0.05, 0.1) is 18.9 Å². The van der Waals surface area contributed by atoms with Gasteiger partial charge in [-0.2, -0.15) is 0 Å². The van der Waals surface area contributed by atoms with Gasteiger partial charge >= 0.3 is 0 Å². The van der Waals surface area contributed by atoms with Crippen molar-refractivity contribution in [3.63, 3.8) is 0 Å². The number of halogens is 1. The second kappa shape index (κ2) is 8.55. The van der Waals surface area contributed by atoms with E-state index in [4.69, 9.17) is 9.15 Å². The SMILES string of the molecule is COc1ccc2[nH]cc(CCN3C(=O)C(=O)C(=C(O)c4ccc(F)cc4)[C@@H]3c3ccco3)c2c1. The summed E-state index contributed by atoms with van der Waals surface area (Å²) in [7, 11) is 1.59. The number of Topliss-reactive ketones (excluding diaryl/α,β-unsaturated/α-hetero) is 1. The molecule has 2 aromatic carbocycles. The molecular weight excluding hydrogens is 439 g/mol. The first kappa shape index (κ1) is 21.5. The summed E-state index contributed by atoms with van der Waals surface area (Å²) in [5.41, 5.74) is 2.02. The number of benzene rings is 2. The van der Waals surface area contributed by atoms with E-state index < -0.39 is 23.5 Å². The van der Waals surface area contributed by atoms with Crippen LogP contribution in [0.15, 0.2) is 77.0 Å². The highest BCUT2D eigenvalue weighted by Crippen LogP contribution is 2.39. The van der Waals surface area contributed by atoms with Gasteiger partial charge in [-0.1, -0.05) is 0 Å². The van der Waals surface area contributed by atoms with Crippen molar-refractivity contribution in [1.82, 2.24) is 9.88 Å². The summed E-state index contributed by atoms with van der Waals surface area (Å²) < 4.78 is 24.2. The summed E-state index contributed by atoms with van der Waals surface area (Å²) in [4.78, 5) is 30.6. The van der Waals surface area contributed by atoms with Crippen LogP contribution in [-0.2, 0) is 16.0 Å². The molecule has 172 valence electrons. The lowest BCUT2D eigenvalue weighted by molar-refractivity contribution is -0.140. The Morgan fingerprint density at radius 2 is 1.97 bits per heavy atom. The van der Waals surface area contributed by atoms with E-state index in [0.717, 1.165) is 16.5 Å². The van der Waals surface area contributed by atoms with Crippen molar-refractivity contribution in [2.75, 3.05) is 13.7 Å².